The minimum atomic E-state index is 0.283. The summed E-state index contributed by atoms with van der Waals surface area (Å²) < 4.78 is 7.29. The molecule has 0 aromatic carbocycles. The van der Waals surface area contributed by atoms with Crippen LogP contribution in [0.2, 0.25) is 0 Å². The molecular weight excluding hydrogens is 206 g/mol. The van der Waals surface area contributed by atoms with E-state index in [0.717, 1.165) is 38.2 Å². The lowest BCUT2D eigenvalue weighted by molar-refractivity contribution is 0.0741. The second-order valence-electron chi connectivity index (χ2n) is 3.98. The lowest BCUT2D eigenvalue weighted by Gasteiger charge is -2.07. The van der Waals surface area contributed by atoms with Crippen molar-refractivity contribution in [3.05, 3.63) is 5.82 Å². The van der Waals surface area contributed by atoms with Gasteiger partial charge in [0.15, 0.2) is 5.82 Å². The number of aromatic nitrogens is 4. The summed E-state index contributed by atoms with van der Waals surface area (Å²) in [5.74, 6) is 0.912. The van der Waals surface area contributed by atoms with Crippen molar-refractivity contribution in [2.75, 3.05) is 13.2 Å². The van der Waals surface area contributed by atoms with Crippen LogP contribution in [-0.4, -0.2) is 39.5 Å². The smallest absolute Gasteiger partial charge is 0.151 e. The molecule has 0 aliphatic heterocycles. The number of hydrogen-bond acceptors (Lipinski definition) is 5. The lowest BCUT2D eigenvalue weighted by atomic mass is 10.3. The van der Waals surface area contributed by atoms with Crippen molar-refractivity contribution in [2.45, 2.75) is 45.8 Å². The molecule has 0 bridgehead atoms. The van der Waals surface area contributed by atoms with Gasteiger partial charge in [-0.25, -0.2) is 4.68 Å². The third kappa shape index (κ3) is 4.67. The molecule has 0 saturated carbocycles. The fourth-order valence-electron chi connectivity index (χ4n) is 1.37. The van der Waals surface area contributed by atoms with E-state index in [9.17, 15) is 0 Å². The molecule has 6 heteroatoms. The number of aryl methyl sites for hydroxylation is 2. The third-order valence-corrected chi connectivity index (χ3v) is 2.18. The van der Waals surface area contributed by atoms with Crippen LogP contribution in [-0.2, 0) is 17.7 Å². The molecule has 0 saturated heterocycles. The highest BCUT2D eigenvalue weighted by Crippen LogP contribution is 1.99. The van der Waals surface area contributed by atoms with Crippen molar-refractivity contribution in [3.8, 4) is 0 Å². The van der Waals surface area contributed by atoms with Crippen LogP contribution < -0.4 is 5.73 Å². The number of rotatable bonds is 8. The number of hydrogen-bond donors (Lipinski definition) is 1. The Labute approximate surface area is 96.2 Å². The molecule has 0 radical (unpaired) electrons. The highest BCUT2D eigenvalue weighted by atomic mass is 16.5. The molecule has 1 rings (SSSR count). The Morgan fingerprint density at radius 1 is 1.38 bits per heavy atom. The summed E-state index contributed by atoms with van der Waals surface area (Å²) in [6, 6.07) is 0. The summed E-state index contributed by atoms with van der Waals surface area (Å²) >= 11 is 0. The first-order chi connectivity index (χ1) is 7.74. The molecular formula is C10H21N5O. The van der Waals surface area contributed by atoms with Crippen LogP contribution in [0.3, 0.4) is 0 Å². The van der Waals surface area contributed by atoms with Crippen molar-refractivity contribution in [3.63, 3.8) is 0 Å². The normalized spacial score (nSPS) is 11.2. The van der Waals surface area contributed by atoms with Crippen LogP contribution in [0.1, 0.15) is 32.5 Å². The molecule has 0 unspecified atom stereocenters. The summed E-state index contributed by atoms with van der Waals surface area (Å²) in [5.41, 5.74) is 5.45. The highest BCUT2D eigenvalue weighted by Gasteiger charge is 2.04. The Hall–Kier alpha value is -1.01. The molecule has 0 aliphatic carbocycles. The zero-order valence-corrected chi connectivity index (χ0v) is 10.1. The van der Waals surface area contributed by atoms with E-state index in [1.807, 2.05) is 18.5 Å². The maximum Gasteiger partial charge on any atom is 0.151 e. The Bertz CT molecular complexity index is 286. The van der Waals surface area contributed by atoms with E-state index in [2.05, 4.69) is 15.5 Å². The molecule has 0 spiro atoms. The zero-order chi connectivity index (χ0) is 11.8. The van der Waals surface area contributed by atoms with Crippen LogP contribution in [0.15, 0.2) is 0 Å². The van der Waals surface area contributed by atoms with Gasteiger partial charge < -0.3 is 10.5 Å². The van der Waals surface area contributed by atoms with Gasteiger partial charge >= 0.3 is 0 Å². The van der Waals surface area contributed by atoms with Gasteiger partial charge in [-0.1, -0.05) is 0 Å². The van der Waals surface area contributed by atoms with Gasteiger partial charge in [0, 0.05) is 19.6 Å². The van der Waals surface area contributed by atoms with Gasteiger partial charge in [0.05, 0.1) is 6.10 Å². The number of nitrogens with two attached hydrogens (primary N) is 1. The van der Waals surface area contributed by atoms with E-state index in [0.29, 0.717) is 6.54 Å². The molecule has 0 aliphatic rings. The zero-order valence-electron chi connectivity index (χ0n) is 10.1. The Balaban J connectivity index is 2.27. The molecule has 0 amide bonds. The topological polar surface area (TPSA) is 78.8 Å². The minimum Gasteiger partial charge on any atom is -0.379 e. The largest absolute Gasteiger partial charge is 0.379 e. The molecule has 0 fully saturated rings. The standard InChI is InChI=1S/C10H21N5O/c1-9(2)16-8-4-7-15-10(5-3-6-11)12-13-14-15/h9H,3-8,11H2,1-2H3. The van der Waals surface area contributed by atoms with E-state index in [-0.39, 0.29) is 6.10 Å². The van der Waals surface area contributed by atoms with Gasteiger partial charge in [0.25, 0.3) is 0 Å². The van der Waals surface area contributed by atoms with Crippen molar-refractivity contribution >= 4 is 0 Å². The molecule has 1 aromatic rings. The summed E-state index contributed by atoms with van der Waals surface area (Å²) in [6.45, 7) is 6.28. The summed E-state index contributed by atoms with van der Waals surface area (Å²) in [7, 11) is 0. The second-order valence-corrected chi connectivity index (χ2v) is 3.98. The number of ether oxygens (including phenoxy) is 1. The third-order valence-electron chi connectivity index (χ3n) is 2.18. The minimum absolute atomic E-state index is 0.283. The van der Waals surface area contributed by atoms with Crippen molar-refractivity contribution in [1.29, 1.82) is 0 Å². The van der Waals surface area contributed by atoms with E-state index in [1.54, 1.807) is 0 Å². The summed E-state index contributed by atoms with van der Waals surface area (Å²) in [4.78, 5) is 0. The van der Waals surface area contributed by atoms with Gasteiger partial charge in [-0.3, -0.25) is 0 Å². The van der Waals surface area contributed by atoms with Crippen molar-refractivity contribution in [2.24, 2.45) is 5.73 Å². The van der Waals surface area contributed by atoms with Gasteiger partial charge in [-0.2, -0.15) is 0 Å². The Morgan fingerprint density at radius 2 is 2.19 bits per heavy atom. The summed E-state index contributed by atoms with van der Waals surface area (Å²) in [6.07, 6.45) is 2.97. The Kier molecular flexibility index (Phi) is 5.95. The fourth-order valence-corrected chi connectivity index (χ4v) is 1.37. The van der Waals surface area contributed by atoms with Crippen LogP contribution in [0.4, 0.5) is 0 Å². The van der Waals surface area contributed by atoms with Gasteiger partial charge in [-0.05, 0) is 43.7 Å². The maximum absolute atomic E-state index is 5.46. The quantitative estimate of drug-likeness (QED) is 0.649. The molecule has 1 heterocycles. The van der Waals surface area contributed by atoms with Gasteiger partial charge in [0.2, 0.25) is 0 Å². The van der Waals surface area contributed by atoms with E-state index in [4.69, 9.17) is 10.5 Å². The average molecular weight is 227 g/mol. The summed E-state index contributed by atoms with van der Waals surface area (Å²) in [5, 5.41) is 11.6. The van der Waals surface area contributed by atoms with Crippen molar-refractivity contribution in [1.82, 2.24) is 20.2 Å². The molecule has 6 nitrogen and oxygen atoms in total. The molecule has 2 N–H and O–H groups in total. The van der Waals surface area contributed by atoms with Gasteiger partial charge in [-0.15, -0.1) is 5.10 Å². The predicted octanol–water partition coefficient (Wildman–Crippen LogP) is 0.380. The average Bonchev–Trinajstić information content (AvgIpc) is 2.69. The molecule has 16 heavy (non-hydrogen) atoms. The van der Waals surface area contributed by atoms with Crippen molar-refractivity contribution < 1.29 is 4.74 Å². The first kappa shape index (κ1) is 13.1. The van der Waals surface area contributed by atoms with Crippen LogP contribution in [0, 0.1) is 0 Å². The maximum atomic E-state index is 5.46. The monoisotopic (exact) mass is 227 g/mol. The van der Waals surface area contributed by atoms with E-state index >= 15 is 0 Å². The van der Waals surface area contributed by atoms with Gasteiger partial charge in [0.1, 0.15) is 0 Å². The Morgan fingerprint density at radius 3 is 2.88 bits per heavy atom. The molecule has 92 valence electrons. The van der Waals surface area contributed by atoms with E-state index in [1.165, 1.54) is 0 Å². The fraction of sp³-hybridized carbons (Fsp3) is 0.900. The predicted molar refractivity (Wildman–Crippen MR) is 60.9 cm³/mol. The SMILES string of the molecule is CC(C)OCCCn1nnnc1CCCN. The second kappa shape index (κ2) is 7.29. The molecule has 1 aromatic heterocycles. The first-order valence-corrected chi connectivity index (χ1v) is 5.80. The first-order valence-electron chi connectivity index (χ1n) is 5.80. The lowest BCUT2D eigenvalue weighted by Crippen LogP contribution is -2.11. The number of tetrazole rings is 1. The molecule has 0 atom stereocenters. The van der Waals surface area contributed by atoms with Crippen LogP contribution in [0.25, 0.3) is 0 Å². The number of nitrogens with zero attached hydrogens (tertiary/aromatic N) is 4. The highest BCUT2D eigenvalue weighted by molar-refractivity contribution is 4.80. The van der Waals surface area contributed by atoms with E-state index < -0.39 is 0 Å². The van der Waals surface area contributed by atoms with Crippen LogP contribution >= 0.6 is 0 Å². The van der Waals surface area contributed by atoms with Crippen LogP contribution in [0.5, 0.6) is 0 Å².